The summed E-state index contributed by atoms with van der Waals surface area (Å²) in [7, 11) is 0. The van der Waals surface area contributed by atoms with Gasteiger partial charge in [0.25, 0.3) is 0 Å². The summed E-state index contributed by atoms with van der Waals surface area (Å²) < 4.78 is 11.3. The van der Waals surface area contributed by atoms with Crippen molar-refractivity contribution in [2.45, 2.75) is 397 Å². The molecule has 0 aliphatic carbocycles. The molecule has 9 nitrogen and oxygen atoms in total. The van der Waals surface area contributed by atoms with Gasteiger partial charge in [-0.25, -0.2) is 0 Å². The number of aliphatic hydroxyl groups excluding tert-OH is 5. The summed E-state index contributed by atoms with van der Waals surface area (Å²) in [4.78, 5) is 13.1. The van der Waals surface area contributed by atoms with Crippen LogP contribution in [0.1, 0.15) is 354 Å². The standard InChI is InChI=1S/C69H133NO8/c1-3-5-7-9-11-13-15-17-19-21-22-23-24-25-26-27-28-29-30-31-32-33-34-35-36-37-38-39-40-41-42-43-45-47-49-51-53-55-57-59-65(73)70-62(61-77-69-68(76)67(75)66(74)64(60-71)78-69)63(72)58-56-54-52-50-48-46-44-20-18-16-14-12-10-8-6-4-2/h21-22,56,58,62-64,66-69,71-72,74-76H,3-20,23-55,57,59-61H2,1-2H3,(H,70,73)/b22-21-,58-56+. The summed E-state index contributed by atoms with van der Waals surface area (Å²) >= 11 is 0. The molecule has 78 heavy (non-hydrogen) atoms. The Balaban J connectivity index is 2.03. The van der Waals surface area contributed by atoms with Gasteiger partial charge in [0.05, 0.1) is 25.4 Å². The maximum Gasteiger partial charge on any atom is 0.220 e. The fourth-order valence-electron chi connectivity index (χ4n) is 11.3. The first-order valence-corrected chi connectivity index (χ1v) is 34.6. The zero-order chi connectivity index (χ0) is 56.5. The van der Waals surface area contributed by atoms with Crippen LogP contribution in [-0.4, -0.2) is 87.5 Å². The summed E-state index contributed by atoms with van der Waals surface area (Å²) in [5.74, 6) is -0.169. The van der Waals surface area contributed by atoms with Crippen molar-refractivity contribution in [2.75, 3.05) is 13.2 Å². The smallest absolute Gasteiger partial charge is 0.220 e. The van der Waals surface area contributed by atoms with Crippen molar-refractivity contribution in [2.24, 2.45) is 0 Å². The Labute approximate surface area is 483 Å². The zero-order valence-electron chi connectivity index (χ0n) is 51.7. The number of rotatable bonds is 61. The van der Waals surface area contributed by atoms with Gasteiger partial charge in [-0.05, 0) is 44.9 Å². The minimum atomic E-state index is -1.56. The molecule has 462 valence electrons. The lowest BCUT2D eigenvalue weighted by Gasteiger charge is -2.40. The highest BCUT2D eigenvalue weighted by Gasteiger charge is 2.44. The molecule has 0 bridgehead atoms. The lowest BCUT2D eigenvalue weighted by molar-refractivity contribution is -0.302. The van der Waals surface area contributed by atoms with Crippen molar-refractivity contribution < 1.29 is 39.8 Å². The van der Waals surface area contributed by atoms with Gasteiger partial charge in [0.1, 0.15) is 24.4 Å². The summed E-state index contributed by atoms with van der Waals surface area (Å²) in [5.41, 5.74) is 0. The topological polar surface area (TPSA) is 149 Å². The average Bonchev–Trinajstić information content (AvgIpc) is 3.45. The van der Waals surface area contributed by atoms with Crippen LogP contribution in [0.3, 0.4) is 0 Å². The maximum atomic E-state index is 13.1. The first-order valence-electron chi connectivity index (χ1n) is 34.6. The second-order valence-electron chi connectivity index (χ2n) is 24.3. The molecular formula is C69H133NO8. The molecule has 7 atom stereocenters. The van der Waals surface area contributed by atoms with Gasteiger partial charge in [0, 0.05) is 6.42 Å². The minimum absolute atomic E-state index is 0.169. The van der Waals surface area contributed by atoms with E-state index >= 15 is 0 Å². The van der Waals surface area contributed by atoms with Gasteiger partial charge in [-0.15, -0.1) is 0 Å². The molecule has 1 amide bonds. The molecule has 1 aliphatic heterocycles. The van der Waals surface area contributed by atoms with Gasteiger partial charge in [-0.1, -0.05) is 327 Å². The van der Waals surface area contributed by atoms with E-state index in [0.29, 0.717) is 6.42 Å². The number of aliphatic hydroxyl groups is 5. The van der Waals surface area contributed by atoms with Crippen LogP contribution >= 0.6 is 0 Å². The number of hydrogen-bond acceptors (Lipinski definition) is 8. The number of nitrogens with one attached hydrogen (secondary N) is 1. The minimum Gasteiger partial charge on any atom is -0.394 e. The number of ether oxygens (including phenoxy) is 2. The van der Waals surface area contributed by atoms with Crippen molar-refractivity contribution in [3.8, 4) is 0 Å². The van der Waals surface area contributed by atoms with E-state index in [1.807, 2.05) is 6.08 Å². The number of hydrogen-bond donors (Lipinski definition) is 6. The SMILES string of the molecule is CCCCCCCCCC/C=C\CCCCCCCCCCCCCCCCCCCCCCCCCCCCCC(=O)NC(COC1OC(CO)C(O)C(O)C1O)C(O)/C=C/CCCCCCCCCCCCCCCC. The van der Waals surface area contributed by atoms with E-state index in [4.69, 9.17) is 9.47 Å². The Bertz CT molecular complexity index is 1280. The van der Waals surface area contributed by atoms with E-state index in [1.54, 1.807) is 6.08 Å². The van der Waals surface area contributed by atoms with Crippen LogP contribution in [0.2, 0.25) is 0 Å². The van der Waals surface area contributed by atoms with Crippen LogP contribution in [0.25, 0.3) is 0 Å². The molecule has 0 aromatic heterocycles. The van der Waals surface area contributed by atoms with Gasteiger partial charge >= 0.3 is 0 Å². The van der Waals surface area contributed by atoms with Gasteiger partial charge < -0.3 is 40.3 Å². The molecule has 0 spiro atoms. The number of amides is 1. The second kappa shape index (κ2) is 58.9. The fourth-order valence-corrected chi connectivity index (χ4v) is 11.3. The van der Waals surface area contributed by atoms with Crippen LogP contribution in [0, 0.1) is 0 Å². The van der Waals surface area contributed by atoms with Gasteiger partial charge in [0.15, 0.2) is 6.29 Å². The Kier molecular flexibility index (Phi) is 56.3. The van der Waals surface area contributed by atoms with E-state index < -0.39 is 49.5 Å². The lowest BCUT2D eigenvalue weighted by atomic mass is 9.99. The predicted molar refractivity (Wildman–Crippen MR) is 332 cm³/mol. The van der Waals surface area contributed by atoms with E-state index in [-0.39, 0.29) is 12.5 Å². The van der Waals surface area contributed by atoms with Gasteiger partial charge in [-0.3, -0.25) is 4.79 Å². The first-order chi connectivity index (χ1) is 38.3. The largest absolute Gasteiger partial charge is 0.394 e. The maximum absolute atomic E-state index is 13.1. The van der Waals surface area contributed by atoms with Gasteiger partial charge in [-0.2, -0.15) is 0 Å². The van der Waals surface area contributed by atoms with Crippen LogP contribution in [0.4, 0.5) is 0 Å². The monoisotopic (exact) mass is 1100 g/mol. The Morgan fingerprint density at radius 1 is 0.423 bits per heavy atom. The molecule has 1 rings (SSSR count). The van der Waals surface area contributed by atoms with Crippen LogP contribution in [-0.2, 0) is 14.3 Å². The Morgan fingerprint density at radius 2 is 0.718 bits per heavy atom. The van der Waals surface area contributed by atoms with Crippen LogP contribution in [0.15, 0.2) is 24.3 Å². The highest BCUT2D eigenvalue weighted by Crippen LogP contribution is 2.23. The van der Waals surface area contributed by atoms with Crippen LogP contribution < -0.4 is 5.32 Å². The molecule has 1 fully saturated rings. The molecule has 0 saturated carbocycles. The molecular weight excluding hydrogens is 971 g/mol. The fraction of sp³-hybridized carbons (Fsp3) is 0.928. The quantitative estimate of drug-likeness (QED) is 0.0261. The summed E-state index contributed by atoms with van der Waals surface area (Å²) in [6.07, 6.45) is 70.2. The van der Waals surface area contributed by atoms with E-state index in [9.17, 15) is 30.3 Å². The van der Waals surface area contributed by atoms with Crippen LogP contribution in [0.5, 0.6) is 0 Å². The summed E-state index contributed by atoms with van der Waals surface area (Å²) in [6, 6.07) is -0.802. The van der Waals surface area contributed by atoms with Crippen molar-refractivity contribution in [3.63, 3.8) is 0 Å². The third-order valence-corrected chi connectivity index (χ3v) is 16.8. The Hall–Kier alpha value is -1.33. The number of unbranched alkanes of at least 4 members (excludes halogenated alkanes) is 49. The van der Waals surface area contributed by atoms with Crippen molar-refractivity contribution in [1.29, 1.82) is 0 Å². The molecule has 1 aliphatic rings. The molecule has 0 aromatic rings. The highest BCUT2D eigenvalue weighted by atomic mass is 16.7. The summed E-state index contributed by atoms with van der Waals surface area (Å²) in [6.45, 7) is 3.82. The second-order valence-corrected chi connectivity index (χ2v) is 24.3. The molecule has 7 unspecified atom stereocenters. The Morgan fingerprint density at radius 3 is 1.04 bits per heavy atom. The number of carbonyl (C=O) groups excluding carboxylic acids is 1. The lowest BCUT2D eigenvalue weighted by Crippen LogP contribution is -2.60. The molecule has 0 aromatic carbocycles. The highest BCUT2D eigenvalue weighted by molar-refractivity contribution is 5.76. The zero-order valence-corrected chi connectivity index (χ0v) is 51.7. The third kappa shape index (κ3) is 47.2. The van der Waals surface area contributed by atoms with Crippen molar-refractivity contribution in [1.82, 2.24) is 5.32 Å². The molecule has 1 saturated heterocycles. The normalized spacial score (nSPS) is 18.7. The van der Waals surface area contributed by atoms with E-state index in [2.05, 4.69) is 31.3 Å². The van der Waals surface area contributed by atoms with Crippen molar-refractivity contribution in [3.05, 3.63) is 24.3 Å². The number of allylic oxidation sites excluding steroid dienone is 3. The van der Waals surface area contributed by atoms with Crippen molar-refractivity contribution >= 4 is 5.91 Å². The van der Waals surface area contributed by atoms with E-state index in [1.165, 1.54) is 295 Å². The molecule has 6 N–H and O–H groups in total. The first kappa shape index (κ1) is 74.7. The molecule has 9 heteroatoms. The van der Waals surface area contributed by atoms with E-state index in [0.717, 1.165) is 38.5 Å². The number of carbonyl (C=O) groups is 1. The third-order valence-electron chi connectivity index (χ3n) is 16.8. The summed E-state index contributed by atoms with van der Waals surface area (Å²) in [5, 5.41) is 54.6. The predicted octanol–water partition coefficient (Wildman–Crippen LogP) is 18.5. The molecule has 1 heterocycles. The molecule has 0 radical (unpaired) electrons. The average molecular weight is 1100 g/mol. The van der Waals surface area contributed by atoms with Gasteiger partial charge in [0.2, 0.25) is 5.91 Å².